The van der Waals surface area contributed by atoms with Crippen LogP contribution in [0.25, 0.3) is 0 Å². The number of nitrogens with zero attached hydrogens (tertiary/aromatic N) is 4. The number of nitro benzene ring substituents is 1. The van der Waals surface area contributed by atoms with Crippen LogP contribution in [0.5, 0.6) is 5.75 Å². The van der Waals surface area contributed by atoms with Crippen molar-refractivity contribution in [3.63, 3.8) is 0 Å². The molecule has 26 heavy (non-hydrogen) atoms. The van der Waals surface area contributed by atoms with E-state index in [0.29, 0.717) is 23.2 Å². The number of carbonyl (C=O) groups is 1. The topological polar surface area (TPSA) is 138 Å². The van der Waals surface area contributed by atoms with Crippen LogP contribution in [0.2, 0.25) is 0 Å². The first-order valence-corrected chi connectivity index (χ1v) is 8.89. The Kier molecular flexibility index (Phi) is 6.78. The van der Waals surface area contributed by atoms with E-state index in [4.69, 9.17) is 10.6 Å². The molecule has 0 unspecified atom stereocenters. The minimum Gasteiger partial charge on any atom is -0.496 e. The summed E-state index contributed by atoms with van der Waals surface area (Å²) in [5, 5.41) is 22.0. The number of nitrogens with two attached hydrogens (primary N) is 1. The van der Waals surface area contributed by atoms with Crippen molar-refractivity contribution < 1.29 is 14.5 Å². The molecule has 0 spiro atoms. The zero-order valence-corrected chi connectivity index (χ0v) is 15.3. The summed E-state index contributed by atoms with van der Waals surface area (Å²) in [6.07, 6.45) is 2.67. The molecule has 0 fully saturated rings. The number of amides is 1. The third kappa shape index (κ3) is 4.85. The van der Waals surface area contributed by atoms with Crippen molar-refractivity contribution in [1.82, 2.24) is 14.9 Å². The summed E-state index contributed by atoms with van der Waals surface area (Å²) < 4.78 is 6.33. The second-order valence-corrected chi connectivity index (χ2v) is 6.29. The molecule has 1 amide bonds. The van der Waals surface area contributed by atoms with Gasteiger partial charge >= 0.3 is 0 Å². The highest BCUT2D eigenvalue weighted by Gasteiger charge is 2.18. The van der Waals surface area contributed by atoms with E-state index in [9.17, 15) is 14.9 Å². The van der Waals surface area contributed by atoms with E-state index in [-0.39, 0.29) is 17.1 Å². The second-order valence-electron chi connectivity index (χ2n) is 5.35. The fraction of sp³-hybridized carbons (Fsp3) is 0.400. The number of aromatic nitrogens is 3. The van der Waals surface area contributed by atoms with Crippen molar-refractivity contribution >= 4 is 29.0 Å². The number of benzene rings is 1. The van der Waals surface area contributed by atoms with Crippen LogP contribution in [0.1, 0.15) is 25.6 Å². The van der Waals surface area contributed by atoms with Crippen LogP contribution in [0, 0.1) is 10.1 Å². The van der Waals surface area contributed by atoms with E-state index in [2.05, 4.69) is 22.4 Å². The lowest BCUT2D eigenvalue weighted by Crippen LogP contribution is -2.17. The van der Waals surface area contributed by atoms with Gasteiger partial charge in [0.05, 0.1) is 23.9 Å². The Bertz CT molecular complexity index is 794. The molecule has 11 heteroatoms. The van der Waals surface area contributed by atoms with Crippen LogP contribution in [-0.4, -0.2) is 38.6 Å². The smallest absolute Gasteiger partial charge is 0.296 e. The molecule has 2 rings (SSSR count). The molecule has 140 valence electrons. The molecule has 1 aromatic carbocycles. The molecule has 0 atom stereocenters. The number of thioether (sulfide) groups is 1. The van der Waals surface area contributed by atoms with Gasteiger partial charge < -0.3 is 15.9 Å². The number of carbonyl (C=O) groups excluding carboxylic acids is 1. The lowest BCUT2D eigenvalue weighted by Gasteiger charge is -2.07. The molecular weight excluding hydrogens is 360 g/mol. The van der Waals surface area contributed by atoms with E-state index < -0.39 is 10.8 Å². The monoisotopic (exact) mass is 380 g/mol. The molecule has 1 aromatic heterocycles. The number of rotatable bonds is 9. The number of hydrogen-bond donors (Lipinski definition) is 2. The molecule has 0 aliphatic carbocycles. The molecule has 1 heterocycles. The summed E-state index contributed by atoms with van der Waals surface area (Å²) in [6.45, 7) is 2.07. The zero-order chi connectivity index (χ0) is 19.1. The summed E-state index contributed by atoms with van der Waals surface area (Å²) in [7, 11) is 1.41. The number of unbranched alkanes of at least 4 members (excludes halogenated alkanes) is 1. The molecular formula is C15H20N6O4S. The van der Waals surface area contributed by atoms with Crippen molar-refractivity contribution in [2.45, 2.75) is 31.3 Å². The highest BCUT2D eigenvalue weighted by atomic mass is 32.2. The number of nitrogens with one attached hydrogen (secondary N) is 1. The van der Waals surface area contributed by atoms with Gasteiger partial charge in [-0.2, -0.15) is 0 Å². The van der Waals surface area contributed by atoms with E-state index in [1.807, 2.05) is 0 Å². The predicted octanol–water partition coefficient (Wildman–Crippen LogP) is 1.98. The van der Waals surface area contributed by atoms with Crippen molar-refractivity contribution in [2.24, 2.45) is 0 Å². The molecule has 2 aromatic rings. The molecule has 0 saturated heterocycles. The lowest BCUT2D eigenvalue weighted by molar-refractivity contribution is -0.384. The van der Waals surface area contributed by atoms with Crippen molar-refractivity contribution in [1.29, 1.82) is 0 Å². The van der Waals surface area contributed by atoms with E-state index in [0.717, 1.165) is 24.6 Å². The molecule has 0 aliphatic rings. The minimum absolute atomic E-state index is 0.00764. The first-order chi connectivity index (χ1) is 12.5. The van der Waals surface area contributed by atoms with Crippen molar-refractivity contribution in [3.05, 3.63) is 34.1 Å². The van der Waals surface area contributed by atoms with Crippen LogP contribution >= 0.6 is 11.8 Å². The average molecular weight is 380 g/mol. The van der Waals surface area contributed by atoms with Crippen LogP contribution in [0.3, 0.4) is 0 Å². The lowest BCUT2D eigenvalue weighted by atomic mass is 10.2. The fourth-order valence-corrected chi connectivity index (χ4v) is 2.80. The fourth-order valence-electron chi connectivity index (χ4n) is 2.12. The van der Waals surface area contributed by atoms with Crippen molar-refractivity contribution in [3.8, 4) is 5.75 Å². The van der Waals surface area contributed by atoms with Crippen LogP contribution in [-0.2, 0) is 11.2 Å². The molecule has 0 radical (unpaired) electrons. The summed E-state index contributed by atoms with van der Waals surface area (Å²) in [4.78, 5) is 22.7. The van der Waals surface area contributed by atoms with Gasteiger partial charge in [0.1, 0.15) is 11.4 Å². The van der Waals surface area contributed by atoms with Gasteiger partial charge in [-0.05, 0) is 18.6 Å². The molecule has 0 bridgehead atoms. The maximum atomic E-state index is 12.1. The number of aryl methyl sites for hydroxylation is 1. The third-order valence-electron chi connectivity index (χ3n) is 3.50. The molecule has 10 nitrogen and oxygen atoms in total. The Morgan fingerprint density at radius 2 is 2.23 bits per heavy atom. The SMILES string of the molecule is CCCCc1nnc(SCC(=O)Nc2ccc(OC)cc2[N+](=O)[O-])n1N. The highest BCUT2D eigenvalue weighted by Crippen LogP contribution is 2.29. The van der Waals surface area contributed by atoms with Crippen molar-refractivity contribution in [2.75, 3.05) is 24.0 Å². The van der Waals surface area contributed by atoms with Gasteiger partial charge in [0, 0.05) is 6.42 Å². The second kappa shape index (κ2) is 9.04. The van der Waals surface area contributed by atoms with Gasteiger partial charge in [-0.3, -0.25) is 14.9 Å². The summed E-state index contributed by atoms with van der Waals surface area (Å²) in [5.74, 6) is 6.48. The standard InChI is InChI=1S/C15H20N6O4S/c1-3-4-5-13-18-19-15(20(13)16)26-9-14(22)17-11-7-6-10(25-2)8-12(11)21(23)24/h6-8H,3-5,9,16H2,1-2H3,(H,17,22). The highest BCUT2D eigenvalue weighted by molar-refractivity contribution is 7.99. The Morgan fingerprint density at radius 1 is 1.46 bits per heavy atom. The molecule has 0 aliphatic heterocycles. The van der Waals surface area contributed by atoms with Gasteiger partial charge in [-0.1, -0.05) is 25.1 Å². The predicted molar refractivity (Wildman–Crippen MR) is 97.8 cm³/mol. The van der Waals surface area contributed by atoms with Gasteiger partial charge in [0.25, 0.3) is 5.69 Å². The Labute approximate surface area is 154 Å². The Hall–Kier alpha value is -2.82. The number of methoxy groups -OCH3 is 1. The van der Waals surface area contributed by atoms with Gasteiger partial charge in [0.2, 0.25) is 11.1 Å². The van der Waals surface area contributed by atoms with Crippen LogP contribution in [0.15, 0.2) is 23.4 Å². The van der Waals surface area contributed by atoms with E-state index >= 15 is 0 Å². The first kappa shape index (κ1) is 19.5. The van der Waals surface area contributed by atoms with Crippen LogP contribution in [0.4, 0.5) is 11.4 Å². The maximum absolute atomic E-state index is 12.1. The van der Waals surface area contributed by atoms with Gasteiger partial charge in [-0.25, -0.2) is 4.68 Å². The largest absolute Gasteiger partial charge is 0.496 e. The summed E-state index contributed by atoms with van der Waals surface area (Å²) >= 11 is 1.11. The quantitative estimate of drug-likeness (QED) is 0.291. The summed E-state index contributed by atoms with van der Waals surface area (Å²) in [6, 6.07) is 4.21. The Balaban J connectivity index is 1.99. The van der Waals surface area contributed by atoms with Crippen LogP contribution < -0.4 is 15.9 Å². The van der Waals surface area contributed by atoms with Gasteiger partial charge in [-0.15, -0.1) is 10.2 Å². The number of nitro groups is 1. The number of anilines is 1. The molecule has 0 saturated carbocycles. The van der Waals surface area contributed by atoms with Gasteiger partial charge in [0.15, 0.2) is 5.82 Å². The normalized spacial score (nSPS) is 10.5. The number of hydrogen-bond acceptors (Lipinski definition) is 8. The Morgan fingerprint density at radius 3 is 2.88 bits per heavy atom. The maximum Gasteiger partial charge on any atom is 0.296 e. The molecule has 3 N–H and O–H groups in total. The van der Waals surface area contributed by atoms with E-state index in [1.54, 1.807) is 0 Å². The van der Waals surface area contributed by atoms with E-state index in [1.165, 1.54) is 30.0 Å². The summed E-state index contributed by atoms with van der Waals surface area (Å²) in [5.41, 5.74) is -0.147. The minimum atomic E-state index is -0.582. The first-order valence-electron chi connectivity index (χ1n) is 7.90. The third-order valence-corrected chi connectivity index (χ3v) is 4.44. The number of nitrogen functional groups attached to an aromatic ring is 1. The average Bonchev–Trinajstić information content (AvgIpc) is 2.98. The number of ether oxygens (including phenoxy) is 1. The zero-order valence-electron chi connectivity index (χ0n) is 14.5.